The Kier molecular flexibility index (Phi) is 2.45. The van der Waals surface area contributed by atoms with Crippen molar-refractivity contribution in [3.05, 3.63) is 29.6 Å². The van der Waals surface area contributed by atoms with Crippen molar-refractivity contribution in [1.82, 2.24) is 5.32 Å². The first-order valence-electron chi connectivity index (χ1n) is 4.58. The number of hydrogen-bond acceptors (Lipinski definition) is 3. The van der Waals surface area contributed by atoms with Gasteiger partial charge in [0.2, 0.25) is 0 Å². The Bertz CT molecular complexity index is 394. The number of alkyl carbamates (subject to hydrolysis) is 1. The lowest BCUT2D eigenvalue weighted by Gasteiger charge is -2.24. The summed E-state index contributed by atoms with van der Waals surface area (Å²) < 4.78 is 17.6. The summed E-state index contributed by atoms with van der Waals surface area (Å²) in [5, 5.41) is 12.0. The Morgan fingerprint density at radius 3 is 3.07 bits per heavy atom. The van der Waals surface area contributed by atoms with Crippen LogP contribution in [0.1, 0.15) is 18.0 Å². The van der Waals surface area contributed by atoms with Crippen molar-refractivity contribution in [3.63, 3.8) is 0 Å². The molecule has 1 aliphatic rings. The Balaban J connectivity index is 2.27. The van der Waals surface area contributed by atoms with Crippen LogP contribution in [0.2, 0.25) is 0 Å². The van der Waals surface area contributed by atoms with Crippen molar-refractivity contribution in [2.24, 2.45) is 0 Å². The molecule has 1 saturated heterocycles. The van der Waals surface area contributed by atoms with Crippen molar-refractivity contribution < 1.29 is 19.0 Å². The molecule has 0 aromatic heterocycles. The number of amides is 1. The molecule has 1 amide bonds. The van der Waals surface area contributed by atoms with Crippen LogP contribution in [0.3, 0.4) is 0 Å². The van der Waals surface area contributed by atoms with Gasteiger partial charge in [0.1, 0.15) is 11.6 Å². The number of halogens is 1. The molecule has 80 valence electrons. The Morgan fingerprint density at radius 1 is 1.53 bits per heavy atom. The standard InChI is InChI=1S/C10H10FNO3/c11-6-1-2-9(13)7(5-6)8-3-4-15-10(14)12-8/h1-2,5,8,13H,3-4H2,(H,12,14)/t8-/m0/s1. The van der Waals surface area contributed by atoms with Crippen LogP contribution >= 0.6 is 0 Å². The maximum absolute atomic E-state index is 12.9. The van der Waals surface area contributed by atoms with Crippen molar-refractivity contribution in [2.45, 2.75) is 12.5 Å². The number of carbonyl (C=O) groups excluding carboxylic acids is 1. The highest BCUT2D eigenvalue weighted by molar-refractivity contribution is 5.68. The zero-order chi connectivity index (χ0) is 10.8. The lowest BCUT2D eigenvalue weighted by Crippen LogP contribution is -2.35. The number of benzene rings is 1. The van der Waals surface area contributed by atoms with Crippen LogP contribution in [0, 0.1) is 5.82 Å². The summed E-state index contributed by atoms with van der Waals surface area (Å²) in [6, 6.07) is 3.26. The van der Waals surface area contributed by atoms with Crippen molar-refractivity contribution in [2.75, 3.05) is 6.61 Å². The summed E-state index contributed by atoms with van der Waals surface area (Å²) in [4.78, 5) is 10.9. The summed E-state index contributed by atoms with van der Waals surface area (Å²) in [6.07, 6.45) is -0.0298. The summed E-state index contributed by atoms with van der Waals surface area (Å²) in [5.74, 6) is -0.466. The van der Waals surface area contributed by atoms with Gasteiger partial charge in [0, 0.05) is 12.0 Å². The Morgan fingerprint density at radius 2 is 2.33 bits per heavy atom. The smallest absolute Gasteiger partial charge is 0.407 e. The van der Waals surface area contributed by atoms with E-state index in [1.807, 2.05) is 0 Å². The Hall–Kier alpha value is -1.78. The van der Waals surface area contributed by atoms with E-state index in [0.29, 0.717) is 12.0 Å². The number of ether oxygens (including phenoxy) is 1. The molecule has 1 aromatic carbocycles. The molecule has 2 N–H and O–H groups in total. The van der Waals surface area contributed by atoms with Crippen LogP contribution in [0.4, 0.5) is 9.18 Å². The molecule has 4 nitrogen and oxygen atoms in total. The minimum atomic E-state index is -0.546. The van der Waals surface area contributed by atoms with Gasteiger partial charge in [0.25, 0.3) is 0 Å². The average Bonchev–Trinajstić information content (AvgIpc) is 2.22. The van der Waals surface area contributed by atoms with Gasteiger partial charge >= 0.3 is 6.09 Å². The van der Waals surface area contributed by atoms with E-state index >= 15 is 0 Å². The molecule has 0 aliphatic carbocycles. The molecular weight excluding hydrogens is 201 g/mol. The molecule has 5 heteroatoms. The highest BCUT2D eigenvalue weighted by Crippen LogP contribution is 2.28. The number of phenolic OH excluding ortho intramolecular Hbond substituents is 1. The van der Waals surface area contributed by atoms with Crippen molar-refractivity contribution in [1.29, 1.82) is 0 Å². The first-order valence-corrected chi connectivity index (χ1v) is 4.58. The van der Waals surface area contributed by atoms with Crippen LogP contribution in [-0.2, 0) is 4.74 Å². The molecule has 2 rings (SSSR count). The van der Waals surface area contributed by atoms with E-state index in [4.69, 9.17) is 0 Å². The predicted octanol–water partition coefficient (Wildman–Crippen LogP) is 1.70. The van der Waals surface area contributed by atoms with E-state index in [9.17, 15) is 14.3 Å². The van der Waals surface area contributed by atoms with E-state index in [1.165, 1.54) is 18.2 Å². The normalized spacial score (nSPS) is 20.6. The average molecular weight is 211 g/mol. The summed E-state index contributed by atoms with van der Waals surface area (Å²) in [5.41, 5.74) is 0.381. The van der Waals surface area contributed by atoms with Gasteiger partial charge in [-0.05, 0) is 18.2 Å². The predicted molar refractivity (Wildman–Crippen MR) is 49.9 cm³/mol. The zero-order valence-corrected chi connectivity index (χ0v) is 7.87. The molecule has 1 atom stereocenters. The topological polar surface area (TPSA) is 58.6 Å². The number of nitrogens with one attached hydrogen (secondary N) is 1. The minimum absolute atomic E-state index is 0.0244. The van der Waals surface area contributed by atoms with Crippen molar-refractivity contribution >= 4 is 6.09 Å². The van der Waals surface area contributed by atoms with E-state index in [2.05, 4.69) is 10.1 Å². The molecule has 1 heterocycles. The third-order valence-electron chi connectivity index (χ3n) is 2.30. The molecule has 0 unspecified atom stereocenters. The van der Waals surface area contributed by atoms with Gasteiger partial charge in [-0.3, -0.25) is 0 Å². The third-order valence-corrected chi connectivity index (χ3v) is 2.30. The fourth-order valence-corrected chi connectivity index (χ4v) is 1.56. The van der Waals surface area contributed by atoms with E-state index < -0.39 is 11.9 Å². The van der Waals surface area contributed by atoms with Crippen LogP contribution in [0.25, 0.3) is 0 Å². The minimum Gasteiger partial charge on any atom is -0.508 e. The summed E-state index contributed by atoms with van der Waals surface area (Å²) in [7, 11) is 0. The fraction of sp³-hybridized carbons (Fsp3) is 0.300. The van der Waals surface area contributed by atoms with Crippen molar-refractivity contribution in [3.8, 4) is 5.75 Å². The van der Waals surface area contributed by atoms with Gasteiger partial charge in [-0.2, -0.15) is 0 Å². The molecule has 1 aliphatic heterocycles. The summed E-state index contributed by atoms with van der Waals surface area (Å²) in [6.45, 7) is 0.270. The molecule has 1 fully saturated rings. The molecule has 0 spiro atoms. The van der Waals surface area contributed by atoms with E-state index in [1.54, 1.807) is 0 Å². The molecule has 15 heavy (non-hydrogen) atoms. The number of cyclic esters (lactones) is 1. The van der Waals surface area contributed by atoms with Gasteiger partial charge in [-0.25, -0.2) is 9.18 Å². The second-order valence-electron chi connectivity index (χ2n) is 3.32. The first kappa shape index (κ1) is 9.76. The maximum atomic E-state index is 12.9. The maximum Gasteiger partial charge on any atom is 0.407 e. The van der Waals surface area contributed by atoms with Gasteiger partial charge in [0.15, 0.2) is 0 Å². The molecule has 0 bridgehead atoms. The number of hydrogen-bond donors (Lipinski definition) is 2. The van der Waals surface area contributed by atoms with Gasteiger partial charge in [-0.15, -0.1) is 0 Å². The van der Waals surface area contributed by atoms with Gasteiger partial charge in [0.05, 0.1) is 12.6 Å². The fourth-order valence-electron chi connectivity index (χ4n) is 1.56. The quantitative estimate of drug-likeness (QED) is 0.743. The van der Waals surface area contributed by atoms with Crippen LogP contribution < -0.4 is 5.32 Å². The van der Waals surface area contributed by atoms with Gasteiger partial charge < -0.3 is 15.2 Å². The lowest BCUT2D eigenvalue weighted by atomic mass is 10.0. The van der Waals surface area contributed by atoms with Crippen LogP contribution in [0.15, 0.2) is 18.2 Å². The second-order valence-corrected chi connectivity index (χ2v) is 3.32. The summed E-state index contributed by atoms with van der Waals surface area (Å²) >= 11 is 0. The van der Waals surface area contributed by atoms with Gasteiger partial charge in [-0.1, -0.05) is 0 Å². The number of rotatable bonds is 1. The Labute approximate surface area is 85.7 Å². The molecule has 0 radical (unpaired) electrons. The zero-order valence-electron chi connectivity index (χ0n) is 7.87. The van der Waals surface area contributed by atoms with Crippen LogP contribution in [0.5, 0.6) is 5.75 Å². The molecule has 1 aromatic rings. The molecule has 0 saturated carbocycles. The lowest BCUT2D eigenvalue weighted by molar-refractivity contribution is 0.115. The monoisotopic (exact) mass is 211 g/mol. The first-order chi connectivity index (χ1) is 7.16. The highest BCUT2D eigenvalue weighted by Gasteiger charge is 2.23. The molecular formula is C10H10FNO3. The van der Waals surface area contributed by atoms with E-state index in [0.717, 1.165) is 0 Å². The SMILES string of the molecule is O=C1N[C@H](c2cc(F)ccc2O)CCO1. The third kappa shape index (κ3) is 2.01. The second kappa shape index (κ2) is 3.76. The van der Waals surface area contributed by atoms with E-state index in [-0.39, 0.29) is 18.4 Å². The largest absolute Gasteiger partial charge is 0.508 e. The number of aromatic hydroxyl groups is 1. The van der Waals surface area contributed by atoms with Crippen LogP contribution in [-0.4, -0.2) is 17.8 Å². The number of carbonyl (C=O) groups is 1. The highest BCUT2D eigenvalue weighted by atomic mass is 19.1. The number of phenols is 1.